The van der Waals surface area contributed by atoms with E-state index in [9.17, 15) is 0 Å². The number of fused-ring (bicyclic) bond motifs is 1. The van der Waals surface area contributed by atoms with E-state index in [1.807, 2.05) is 6.07 Å². The Balaban J connectivity index is 1.52. The number of para-hydroxylation sites is 2. The summed E-state index contributed by atoms with van der Waals surface area (Å²) in [6.07, 6.45) is 1.85. The lowest BCUT2D eigenvalue weighted by Gasteiger charge is -2.42. The maximum absolute atomic E-state index is 5.61. The molecule has 5 heteroatoms. The van der Waals surface area contributed by atoms with Crippen LogP contribution in [0.2, 0.25) is 0 Å². The summed E-state index contributed by atoms with van der Waals surface area (Å²) in [4.78, 5) is 7.16. The van der Waals surface area contributed by atoms with Crippen LogP contribution >= 0.6 is 0 Å². The third kappa shape index (κ3) is 3.99. The van der Waals surface area contributed by atoms with E-state index >= 15 is 0 Å². The lowest BCUT2D eigenvalue weighted by atomic mass is 9.86. The molecule has 1 spiro atoms. The maximum atomic E-state index is 5.61. The highest BCUT2D eigenvalue weighted by molar-refractivity contribution is 6.00. The van der Waals surface area contributed by atoms with Gasteiger partial charge in [-0.1, -0.05) is 36.4 Å². The van der Waals surface area contributed by atoms with Gasteiger partial charge in [0.25, 0.3) is 0 Å². The molecule has 5 nitrogen and oxygen atoms in total. The highest BCUT2D eigenvalue weighted by atomic mass is 16.5. The van der Waals surface area contributed by atoms with Crippen LogP contribution in [0.3, 0.4) is 0 Å². The van der Waals surface area contributed by atoms with Gasteiger partial charge < -0.3 is 20.3 Å². The second-order valence-electron chi connectivity index (χ2n) is 7.70. The van der Waals surface area contributed by atoms with Gasteiger partial charge >= 0.3 is 0 Å². The summed E-state index contributed by atoms with van der Waals surface area (Å²) in [5, 5.41) is 7.37. The Kier molecular flexibility index (Phi) is 5.14. The summed E-state index contributed by atoms with van der Waals surface area (Å²) in [5.74, 6) is 1.03. The summed E-state index contributed by atoms with van der Waals surface area (Å²) in [6.45, 7) is 3.25. The third-order valence-corrected chi connectivity index (χ3v) is 5.29. The molecule has 1 fully saturated rings. The quantitative estimate of drug-likeness (QED) is 0.871. The largest absolute Gasteiger partial charge is 0.381 e. The Bertz CT molecular complexity index is 807. The first-order valence-corrected chi connectivity index (χ1v) is 9.65. The third-order valence-electron chi connectivity index (χ3n) is 5.29. The summed E-state index contributed by atoms with van der Waals surface area (Å²) in [5.41, 5.74) is 4.55. The standard InChI is InChI=1S/C22H28N4O/c1-26(2)16-18-9-7-17(8-10-18)15-23-21-22(11-13-27-14-12-22)25-20-6-4-3-5-19(20)24-21/h3-10,25H,11-16H2,1-2H3,(H,23,24). The fraction of sp³-hybridized carbons (Fsp3) is 0.409. The van der Waals surface area contributed by atoms with Crippen molar-refractivity contribution in [2.45, 2.75) is 31.5 Å². The number of rotatable bonds is 4. The van der Waals surface area contributed by atoms with Gasteiger partial charge in [0.05, 0.1) is 16.9 Å². The average molecular weight is 364 g/mol. The normalized spacial score (nSPS) is 18.0. The molecule has 2 aromatic carbocycles. The highest BCUT2D eigenvalue weighted by Gasteiger charge is 2.40. The number of nitrogens with one attached hydrogen (secondary N) is 2. The molecule has 0 unspecified atom stereocenters. The summed E-state index contributed by atoms with van der Waals surface area (Å²) < 4.78 is 5.61. The van der Waals surface area contributed by atoms with Gasteiger partial charge in [-0.2, -0.15) is 0 Å². The molecule has 2 N–H and O–H groups in total. The summed E-state index contributed by atoms with van der Waals surface area (Å²) in [7, 11) is 4.18. The molecule has 0 aliphatic carbocycles. The van der Waals surface area contributed by atoms with Gasteiger partial charge in [-0.15, -0.1) is 0 Å². The summed E-state index contributed by atoms with van der Waals surface area (Å²) in [6, 6.07) is 17.1. The van der Waals surface area contributed by atoms with Crippen molar-refractivity contribution in [3.63, 3.8) is 0 Å². The van der Waals surface area contributed by atoms with Crippen molar-refractivity contribution in [2.24, 2.45) is 4.99 Å². The van der Waals surface area contributed by atoms with Gasteiger partial charge in [-0.05, 0) is 37.4 Å². The molecular formula is C22H28N4O. The molecule has 0 amide bonds. The molecule has 0 bridgehead atoms. The van der Waals surface area contributed by atoms with Crippen molar-refractivity contribution in [3.8, 4) is 0 Å². The average Bonchev–Trinajstić information content (AvgIpc) is 2.68. The predicted molar refractivity (Wildman–Crippen MR) is 111 cm³/mol. The molecule has 27 heavy (non-hydrogen) atoms. The van der Waals surface area contributed by atoms with Gasteiger partial charge in [-0.25, -0.2) is 4.99 Å². The van der Waals surface area contributed by atoms with Crippen LogP contribution in [0.15, 0.2) is 53.5 Å². The minimum atomic E-state index is -0.155. The fourth-order valence-electron chi connectivity index (χ4n) is 3.83. The van der Waals surface area contributed by atoms with E-state index in [1.165, 1.54) is 11.1 Å². The van der Waals surface area contributed by atoms with Crippen molar-refractivity contribution in [1.29, 1.82) is 0 Å². The Hall–Kier alpha value is -2.37. The zero-order chi connectivity index (χ0) is 18.7. The zero-order valence-corrected chi connectivity index (χ0v) is 16.2. The molecule has 0 saturated carbocycles. The van der Waals surface area contributed by atoms with Crippen molar-refractivity contribution in [2.75, 3.05) is 32.6 Å². The van der Waals surface area contributed by atoms with E-state index in [0.717, 1.165) is 56.4 Å². The Morgan fingerprint density at radius 1 is 1.04 bits per heavy atom. The van der Waals surface area contributed by atoms with Crippen molar-refractivity contribution in [1.82, 2.24) is 10.2 Å². The number of aliphatic imine (C=N–C) groups is 1. The number of benzene rings is 2. The highest BCUT2D eigenvalue weighted by Crippen LogP contribution is 2.37. The second-order valence-corrected chi connectivity index (χ2v) is 7.70. The fourth-order valence-corrected chi connectivity index (χ4v) is 3.83. The summed E-state index contributed by atoms with van der Waals surface area (Å²) >= 11 is 0. The minimum Gasteiger partial charge on any atom is -0.381 e. The second kappa shape index (κ2) is 7.71. The van der Waals surface area contributed by atoms with Gasteiger partial charge in [0.15, 0.2) is 0 Å². The van der Waals surface area contributed by atoms with E-state index in [0.29, 0.717) is 0 Å². The van der Waals surface area contributed by atoms with E-state index < -0.39 is 0 Å². The van der Waals surface area contributed by atoms with E-state index in [1.54, 1.807) is 0 Å². The maximum Gasteiger partial charge on any atom is 0.129 e. The van der Waals surface area contributed by atoms with Crippen LogP contribution in [0.5, 0.6) is 0 Å². The van der Waals surface area contributed by atoms with Crippen LogP contribution < -0.4 is 10.6 Å². The number of ether oxygens (including phenoxy) is 1. The molecule has 0 radical (unpaired) electrons. The number of anilines is 1. The van der Waals surface area contributed by atoms with Crippen molar-refractivity contribution >= 4 is 17.2 Å². The molecule has 2 aromatic rings. The predicted octanol–water partition coefficient (Wildman–Crippen LogP) is 3.54. The molecule has 2 aliphatic heterocycles. The Labute approximate surface area is 161 Å². The van der Waals surface area contributed by atoms with E-state index in [2.05, 4.69) is 72.1 Å². The molecule has 1 saturated heterocycles. The number of amidine groups is 1. The Morgan fingerprint density at radius 2 is 1.74 bits per heavy atom. The Morgan fingerprint density at radius 3 is 2.48 bits per heavy atom. The van der Waals surface area contributed by atoms with Gasteiger partial charge in [-0.3, -0.25) is 0 Å². The molecule has 0 atom stereocenters. The van der Waals surface area contributed by atoms with E-state index in [-0.39, 0.29) is 5.54 Å². The van der Waals surface area contributed by atoms with Crippen LogP contribution in [-0.4, -0.2) is 43.6 Å². The monoisotopic (exact) mass is 364 g/mol. The van der Waals surface area contributed by atoms with Crippen LogP contribution in [0.1, 0.15) is 24.0 Å². The topological polar surface area (TPSA) is 48.9 Å². The number of hydrogen-bond acceptors (Lipinski definition) is 5. The molecule has 0 aromatic heterocycles. The first-order valence-electron chi connectivity index (χ1n) is 9.65. The smallest absolute Gasteiger partial charge is 0.129 e. The van der Waals surface area contributed by atoms with Crippen molar-refractivity contribution < 1.29 is 4.74 Å². The molecule has 142 valence electrons. The molecular weight excluding hydrogens is 336 g/mol. The van der Waals surface area contributed by atoms with Crippen LogP contribution in [0, 0.1) is 0 Å². The van der Waals surface area contributed by atoms with Gasteiger partial charge in [0.2, 0.25) is 0 Å². The van der Waals surface area contributed by atoms with Crippen molar-refractivity contribution in [3.05, 3.63) is 59.7 Å². The van der Waals surface area contributed by atoms with Gasteiger partial charge in [0.1, 0.15) is 5.84 Å². The zero-order valence-electron chi connectivity index (χ0n) is 16.2. The number of hydrogen-bond donors (Lipinski definition) is 2. The van der Waals surface area contributed by atoms with Crippen LogP contribution in [-0.2, 0) is 17.8 Å². The first kappa shape index (κ1) is 18.0. The molecule has 2 heterocycles. The van der Waals surface area contributed by atoms with Gasteiger partial charge in [0, 0.05) is 39.1 Å². The van der Waals surface area contributed by atoms with Crippen LogP contribution in [0.25, 0.3) is 0 Å². The van der Waals surface area contributed by atoms with E-state index in [4.69, 9.17) is 9.73 Å². The first-order chi connectivity index (χ1) is 13.1. The SMILES string of the molecule is CN(C)Cc1ccc(CNC2=Nc3ccccc3NC23CCOCC3)cc1. The number of nitrogens with zero attached hydrogens (tertiary/aromatic N) is 2. The van der Waals surface area contributed by atoms with Crippen LogP contribution in [0.4, 0.5) is 11.4 Å². The molecule has 4 rings (SSSR count). The lowest BCUT2D eigenvalue weighted by Crippen LogP contribution is -2.56. The minimum absolute atomic E-state index is 0.155. The lowest BCUT2D eigenvalue weighted by molar-refractivity contribution is 0.0771. The molecule has 2 aliphatic rings.